The van der Waals surface area contributed by atoms with Gasteiger partial charge in [-0.2, -0.15) is 0 Å². The smallest absolute Gasteiger partial charge is 0.0771 e. The third-order valence-corrected chi connectivity index (χ3v) is 4.28. The molecule has 16 heavy (non-hydrogen) atoms. The zero-order valence-corrected chi connectivity index (χ0v) is 10.3. The molecule has 0 aromatic carbocycles. The standard InChI is InChI=1S/C13H26N2O/c14-11-4-6-12(7-5-11)15-10-13(16)8-2-1-3-9-13/h11-12,15-16H,1-10,14H2. The van der Waals surface area contributed by atoms with Gasteiger partial charge in [0.1, 0.15) is 0 Å². The van der Waals surface area contributed by atoms with Crippen LogP contribution in [0, 0.1) is 0 Å². The Morgan fingerprint density at radius 3 is 2.31 bits per heavy atom. The van der Waals surface area contributed by atoms with Crippen LogP contribution in [0.15, 0.2) is 0 Å². The van der Waals surface area contributed by atoms with Gasteiger partial charge in [-0.3, -0.25) is 0 Å². The van der Waals surface area contributed by atoms with Crippen LogP contribution in [0.3, 0.4) is 0 Å². The Bertz CT molecular complexity index is 206. The van der Waals surface area contributed by atoms with Gasteiger partial charge in [0.05, 0.1) is 5.60 Å². The van der Waals surface area contributed by atoms with Crippen LogP contribution in [-0.4, -0.2) is 29.3 Å². The lowest BCUT2D eigenvalue weighted by atomic mass is 9.84. The van der Waals surface area contributed by atoms with Crippen molar-refractivity contribution in [2.45, 2.75) is 75.5 Å². The molecule has 0 aromatic heterocycles. The second kappa shape index (κ2) is 5.48. The molecule has 0 aromatic rings. The summed E-state index contributed by atoms with van der Waals surface area (Å²) < 4.78 is 0. The molecule has 94 valence electrons. The molecule has 0 saturated heterocycles. The molecule has 2 saturated carbocycles. The van der Waals surface area contributed by atoms with Gasteiger partial charge in [0.2, 0.25) is 0 Å². The third-order valence-electron chi connectivity index (χ3n) is 4.28. The van der Waals surface area contributed by atoms with Crippen LogP contribution in [0.5, 0.6) is 0 Å². The normalized spacial score (nSPS) is 34.9. The van der Waals surface area contributed by atoms with E-state index in [1.807, 2.05) is 0 Å². The molecule has 0 spiro atoms. The lowest BCUT2D eigenvalue weighted by molar-refractivity contribution is 0.00159. The molecule has 2 aliphatic carbocycles. The maximum absolute atomic E-state index is 10.4. The van der Waals surface area contributed by atoms with Gasteiger partial charge in [-0.15, -0.1) is 0 Å². The molecule has 0 atom stereocenters. The Morgan fingerprint density at radius 1 is 1.06 bits per heavy atom. The summed E-state index contributed by atoms with van der Waals surface area (Å²) in [5.41, 5.74) is 5.47. The molecule has 0 heterocycles. The van der Waals surface area contributed by atoms with Crippen molar-refractivity contribution in [3.63, 3.8) is 0 Å². The van der Waals surface area contributed by atoms with E-state index >= 15 is 0 Å². The van der Waals surface area contributed by atoms with Crippen LogP contribution in [0.2, 0.25) is 0 Å². The summed E-state index contributed by atoms with van der Waals surface area (Å²) in [7, 11) is 0. The molecule has 4 N–H and O–H groups in total. The highest BCUT2D eigenvalue weighted by Gasteiger charge is 2.30. The van der Waals surface area contributed by atoms with Crippen LogP contribution >= 0.6 is 0 Å². The fraction of sp³-hybridized carbons (Fsp3) is 1.00. The molecule has 2 fully saturated rings. The summed E-state index contributed by atoms with van der Waals surface area (Å²) in [5.74, 6) is 0. The number of rotatable bonds is 3. The average molecular weight is 226 g/mol. The third kappa shape index (κ3) is 3.44. The first-order valence-electron chi connectivity index (χ1n) is 6.89. The largest absolute Gasteiger partial charge is 0.389 e. The van der Waals surface area contributed by atoms with Gasteiger partial charge in [0, 0.05) is 18.6 Å². The summed E-state index contributed by atoms with van der Waals surface area (Å²) in [6, 6.07) is 1.00. The number of hydrogen-bond acceptors (Lipinski definition) is 3. The number of hydrogen-bond donors (Lipinski definition) is 3. The monoisotopic (exact) mass is 226 g/mol. The molecule has 0 bridgehead atoms. The van der Waals surface area contributed by atoms with E-state index in [9.17, 15) is 5.11 Å². The second-order valence-electron chi connectivity index (χ2n) is 5.78. The Morgan fingerprint density at radius 2 is 1.69 bits per heavy atom. The summed E-state index contributed by atoms with van der Waals surface area (Å²) >= 11 is 0. The highest BCUT2D eigenvalue weighted by Crippen LogP contribution is 2.28. The fourth-order valence-electron chi connectivity index (χ4n) is 3.04. The number of nitrogens with one attached hydrogen (secondary N) is 1. The summed E-state index contributed by atoms with van der Waals surface area (Å²) in [6.45, 7) is 0.785. The molecule has 2 aliphatic rings. The maximum atomic E-state index is 10.4. The van der Waals surface area contributed by atoms with E-state index in [0.717, 1.165) is 32.2 Å². The van der Waals surface area contributed by atoms with Gasteiger partial charge >= 0.3 is 0 Å². The number of aliphatic hydroxyl groups is 1. The second-order valence-corrected chi connectivity index (χ2v) is 5.78. The van der Waals surface area contributed by atoms with Crippen molar-refractivity contribution in [3.05, 3.63) is 0 Å². The first kappa shape index (κ1) is 12.3. The molecule has 2 rings (SSSR count). The molecule has 0 radical (unpaired) electrons. The maximum Gasteiger partial charge on any atom is 0.0771 e. The van der Waals surface area contributed by atoms with E-state index in [-0.39, 0.29) is 0 Å². The molecule has 0 amide bonds. The van der Waals surface area contributed by atoms with Crippen molar-refractivity contribution in [1.29, 1.82) is 0 Å². The molecule has 3 heteroatoms. The highest BCUT2D eigenvalue weighted by molar-refractivity contribution is 4.87. The van der Waals surface area contributed by atoms with E-state index < -0.39 is 5.60 Å². The fourth-order valence-corrected chi connectivity index (χ4v) is 3.04. The van der Waals surface area contributed by atoms with Crippen LogP contribution in [0.1, 0.15) is 57.8 Å². The van der Waals surface area contributed by atoms with Gasteiger partial charge in [-0.25, -0.2) is 0 Å². The molecule has 0 unspecified atom stereocenters. The lowest BCUT2D eigenvalue weighted by Gasteiger charge is -2.35. The first-order chi connectivity index (χ1) is 7.68. The minimum absolute atomic E-state index is 0.413. The SMILES string of the molecule is NC1CCC(NCC2(O)CCCCC2)CC1. The van der Waals surface area contributed by atoms with Crippen molar-refractivity contribution >= 4 is 0 Å². The van der Waals surface area contributed by atoms with Crippen molar-refractivity contribution in [2.24, 2.45) is 5.73 Å². The van der Waals surface area contributed by atoms with Crippen molar-refractivity contribution in [2.75, 3.05) is 6.54 Å². The Hall–Kier alpha value is -0.120. The van der Waals surface area contributed by atoms with Crippen molar-refractivity contribution < 1.29 is 5.11 Å². The average Bonchev–Trinajstić information content (AvgIpc) is 2.29. The lowest BCUT2D eigenvalue weighted by Crippen LogP contribution is -2.47. The van der Waals surface area contributed by atoms with E-state index in [4.69, 9.17) is 5.73 Å². The highest BCUT2D eigenvalue weighted by atomic mass is 16.3. The molecular formula is C13H26N2O. The van der Waals surface area contributed by atoms with Gasteiger partial charge in [-0.1, -0.05) is 19.3 Å². The van der Waals surface area contributed by atoms with Gasteiger partial charge < -0.3 is 16.2 Å². The zero-order valence-electron chi connectivity index (χ0n) is 10.3. The van der Waals surface area contributed by atoms with Crippen LogP contribution in [-0.2, 0) is 0 Å². The van der Waals surface area contributed by atoms with Crippen molar-refractivity contribution in [3.8, 4) is 0 Å². The first-order valence-corrected chi connectivity index (χ1v) is 6.89. The molecule has 3 nitrogen and oxygen atoms in total. The van der Waals surface area contributed by atoms with E-state index in [0.29, 0.717) is 12.1 Å². The van der Waals surface area contributed by atoms with Crippen LogP contribution in [0.4, 0.5) is 0 Å². The van der Waals surface area contributed by atoms with Crippen molar-refractivity contribution in [1.82, 2.24) is 5.32 Å². The Kier molecular flexibility index (Phi) is 4.22. The predicted molar refractivity (Wildman–Crippen MR) is 66.3 cm³/mol. The van der Waals surface area contributed by atoms with E-state index in [1.165, 1.54) is 32.1 Å². The van der Waals surface area contributed by atoms with E-state index in [2.05, 4.69) is 5.32 Å². The molecule has 0 aliphatic heterocycles. The van der Waals surface area contributed by atoms with Gasteiger partial charge in [0.25, 0.3) is 0 Å². The Labute approximate surface area is 98.8 Å². The minimum Gasteiger partial charge on any atom is -0.389 e. The minimum atomic E-state index is -0.419. The van der Waals surface area contributed by atoms with Crippen LogP contribution < -0.4 is 11.1 Å². The number of nitrogens with two attached hydrogens (primary N) is 1. The quantitative estimate of drug-likeness (QED) is 0.684. The zero-order chi connectivity index (χ0) is 11.4. The van der Waals surface area contributed by atoms with E-state index in [1.54, 1.807) is 0 Å². The van der Waals surface area contributed by atoms with Gasteiger partial charge in [0.15, 0.2) is 0 Å². The topological polar surface area (TPSA) is 58.3 Å². The Balaban J connectivity index is 1.70. The summed E-state index contributed by atoms with van der Waals surface area (Å²) in [4.78, 5) is 0. The van der Waals surface area contributed by atoms with Gasteiger partial charge in [-0.05, 0) is 38.5 Å². The summed E-state index contributed by atoms with van der Waals surface area (Å²) in [5, 5.41) is 13.9. The molecular weight excluding hydrogens is 200 g/mol. The predicted octanol–water partition coefficient (Wildman–Crippen LogP) is 1.54. The summed E-state index contributed by atoms with van der Waals surface area (Å²) in [6.07, 6.45) is 10.3. The van der Waals surface area contributed by atoms with Crippen LogP contribution in [0.25, 0.3) is 0 Å².